The second-order valence-electron chi connectivity index (χ2n) is 4.65. The molecule has 20 heavy (non-hydrogen) atoms. The highest BCUT2D eigenvalue weighted by Gasteiger charge is 2.19. The Kier molecular flexibility index (Phi) is 4.50. The quantitative estimate of drug-likeness (QED) is 0.844. The van der Waals surface area contributed by atoms with Crippen molar-refractivity contribution in [3.05, 3.63) is 36.1 Å². The lowest BCUT2D eigenvalue weighted by Crippen LogP contribution is -2.34. The molecule has 1 amide bonds. The molecule has 0 aromatic heterocycles. The Labute approximate surface area is 118 Å². The minimum absolute atomic E-state index is 0.0260. The summed E-state index contributed by atoms with van der Waals surface area (Å²) in [5.74, 6) is 1.37. The van der Waals surface area contributed by atoms with Crippen LogP contribution >= 0.6 is 0 Å². The molecule has 0 aliphatic carbocycles. The Hall–Kier alpha value is -2.17. The molecule has 2 rings (SSSR count). The first kappa shape index (κ1) is 14.2. The lowest BCUT2D eigenvalue weighted by Gasteiger charge is -2.23. The van der Waals surface area contributed by atoms with E-state index in [0.717, 1.165) is 11.3 Å². The third kappa shape index (κ3) is 3.23. The molecule has 1 heterocycles. The van der Waals surface area contributed by atoms with Gasteiger partial charge in [0.1, 0.15) is 17.6 Å². The van der Waals surface area contributed by atoms with Crippen LogP contribution in [-0.2, 0) is 16.1 Å². The second kappa shape index (κ2) is 6.32. The van der Waals surface area contributed by atoms with Crippen LogP contribution in [0.2, 0.25) is 0 Å². The number of rotatable bonds is 4. The number of methoxy groups -OCH3 is 2. The van der Waals surface area contributed by atoms with Gasteiger partial charge < -0.3 is 19.1 Å². The van der Waals surface area contributed by atoms with E-state index in [9.17, 15) is 4.79 Å². The number of nitrogens with zero attached hydrogens (tertiary/aromatic N) is 1. The van der Waals surface area contributed by atoms with Crippen LogP contribution in [0.25, 0.3) is 0 Å². The maximum atomic E-state index is 12.0. The van der Waals surface area contributed by atoms with Crippen LogP contribution in [0.4, 0.5) is 0 Å². The molecule has 5 heteroatoms. The molecule has 0 N–H and O–H groups in total. The van der Waals surface area contributed by atoms with E-state index in [1.807, 2.05) is 25.1 Å². The summed E-state index contributed by atoms with van der Waals surface area (Å²) in [5.41, 5.74) is 0.934. The number of hydrogen-bond acceptors (Lipinski definition) is 4. The average Bonchev–Trinajstić information content (AvgIpc) is 2.61. The average molecular weight is 277 g/mol. The number of hydrogen-bond donors (Lipinski definition) is 0. The number of ether oxygens (including phenoxy) is 3. The molecular formula is C15H19NO4. The molecule has 0 spiro atoms. The first-order valence-electron chi connectivity index (χ1n) is 6.46. The van der Waals surface area contributed by atoms with Crippen LogP contribution in [0.1, 0.15) is 12.5 Å². The van der Waals surface area contributed by atoms with Gasteiger partial charge in [-0.15, -0.1) is 0 Å². The summed E-state index contributed by atoms with van der Waals surface area (Å²) in [6.07, 6.45) is 2.87. The highest BCUT2D eigenvalue weighted by atomic mass is 16.5. The van der Waals surface area contributed by atoms with Gasteiger partial charge in [-0.05, 0) is 19.1 Å². The van der Waals surface area contributed by atoms with Gasteiger partial charge in [0.15, 0.2) is 0 Å². The monoisotopic (exact) mass is 277 g/mol. The topological polar surface area (TPSA) is 48.0 Å². The molecule has 0 radical (unpaired) electrons. The normalized spacial score (nSPS) is 18.4. The zero-order valence-corrected chi connectivity index (χ0v) is 12.0. The first-order valence-corrected chi connectivity index (χ1v) is 6.46. The van der Waals surface area contributed by atoms with Gasteiger partial charge in [0, 0.05) is 24.3 Å². The molecule has 0 saturated carbocycles. The van der Waals surface area contributed by atoms with E-state index in [2.05, 4.69) is 0 Å². The van der Waals surface area contributed by atoms with Gasteiger partial charge in [-0.3, -0.25) is 4.79 Å². The SMILES string of the molecule is COc1ccc(CN2C[C@@H](C)OC=CC2=O)c(OC)c1. The van der Waals surface area contributed by atoms with Gasteiger partial charge in [-0.1, -0.05) is 0 Å². The van der Waals surface area contributed by atoms with Gasteiger partial charge in [0.25, 0.3) is 0 Å². The van der Waals surface area contributed by atoms with E-state index in [0.29, 0.717) is 18.8 Å². The Morgan fingerprint density at radius 2 is 2.15 bits per heavy atom. The van der Waals surface area contributed by atoms with Crippen LogP contribution in [-0.4, -0.2) is 37.7 Å². The number of carbonyl (C=O) groups excluding carboxylic acids is 1. The predicted molar refractivity (Wildman–Crippen MR) is 74.7 cm³/mol. The summed E-state index contributed by atoms with van der Waals surface area (Å²) in [6.45, 7) is 2.95. The van der Waals surface area contributed by atoms with Crippen molar-refractivity contribution in [2.75, 3.05) is 20.8 Å². The standard InChI is InChI=1S/C15H19NO4/c1-11-9-16(15(17)6-7-20-11)10-12-4-5-13(18-2)8-14(12)19-3/h4-8,11H,9-10H2,1-3H3/t11-/m1/s1. The van der Waals surface area contributed by atoms with Gasteiger partial charge in [-0.25, -0.2) is 0 Å². The Bertz CT molecular complexity index is 513. The van der Waals surface area contributed by atoms with Crippen LogP contribution in [0, 0.1) is 0 Å². The van der Waals surface area contributed by atoms with Gasteiger partial charge >= 0.3 is 0 Å². The van der Waals surface area contributed by atoms with Gasteiger partial charge in [0.2, 0.25) is 5.91 Å². The molecule has 0 saturated heterocycles. The van der Waals surface area contributed by atoms with E-state index in [-0.39, 0.29) is 12.0 Å². The van der Waals surface area contributed by atoms with Crippen LogP contribution in [0.3, 0.4) is 0 Å². The molecule has 1 atom stereocenters. The number of carbonyl (C=O) groups is 1. The van der Waals surface area contributed by atoms with Crippen molar-refractivity contribution in [1.82, 2.24) is 4.90 Å². The summed E-state index contributed by atoms with van der Waals surface area (Å²) in [4.78, 5) is 13.7. The molecule has 0 bridgehead atoms. The predicted octanol–water partition coefficient (Wildman–Crippen LogP) is 1.96. The highest BCUT2D eigenvalue weighted by Crippen LogP contribution is 2.26. The van der Waals surface area contributed by atoms with Crippen molar-refractivity contribution < 1.29 is 19.0 Å². The smallest absolute Gasteiger partial charge is 0.250 e. The summed E-state index contributed by atoms with van der Waals surface area (Å²) in [5, 5.41) is 0. The van der Waals surface area contributed by atoms with Crippen LogP contribution in [0.5, 0.6) is 11.5 Å². The van der Waals surface area contributed by atoms with Crippen molar-refractivity contribution in [2.24, 2.45) is 0 Å². The first-order chi connectivity index (χ1) is 9.63. The number of amides is 1. The molecule has 1 aromatic carbocycles. The molecule has 0 unspecified atom stereocenters. The van der Waals surface area contributed by atoms with E-state index < -0.39 is 0 Å². The molecule has 0 fully saturated rings. The zero-order chi connectivity index (χ0) is 14.5. The van der Waals surface area contributed by atoms with Gasteiger partial charge in [0.05, 0.1) is 27.0 Å². The van der Waals surface area contributed by atoms with Gasteiger partial charge in [-0.2, -0.15) is 0 Å². The Balaban J connectivity index is 2.20. The third-order valence-corrected chi connectivity index (χ3v) is 3.17. The molecule has 1 aliphatic heterocycles. The lowest BCUT2D eigenvalue weighted by molar-refractivity contribution is -0.127. The minimum Gasteiger partial charge on any atom is -0.497 e. The Morgan fingerprint density at radius 3 is 2.85 bits per heavy atom. The van der Waals surface area contributed by atoms with Crippen molar-refractivity contribution in [3.8, 4) is 11.5 Å². The van der Waals surface area contributed by atoms with E-state index >= 15 is 0 Å². The van der Waals surface area contributed by atoms with Crippen LogP contribution < -0.4 is 9.47 Å². The van der Waals surface area contributed by atoms with Crippen molar-refractivity contribution in [2.45, 2.75) is 19.6 Å². The minimum atomic E-state index is -0.0628. The summed E-state index contributed by atoms with van der Waals surface area (Å²) < 4.78 is 15.9. The summed E-state index contributed by atoms with van der Waals surface area (Å²) in [6, 6.07) is 5.58. The molecule has 5 nitrogen and oxygen atoms in total. The van der Waals surface area contributed by atoms with Crippen molar-refractivity contribution in [1.29, 1.82) is 0 Å². The molecule has 1 aromatic rings. The third-order valence-electron chi connectivity index (χ3n) is 3.17. The fourth-order valence-corrected chi connectivity index (χ4v) is 2.11. The second-order valence-corrected chi connectivity index (χ2v) is 4.65. The lowest BCUT2D eigenvalue weighted by atomic mass is 10.1. The van der Waals surface area contributed by atoms with Crippen molar-refractivity contribution in [3.63, 3.8) is 0 Å². The zero-order valence-electron chi connectivity index (χ0n) is 12.0. The largest absolute Gasteiger partial charge is 0.497 e. The molecule has 108 valence electrons. The molecular weight excluding hydrogens is 258 g/mol. The van der Waals surface area contributed by atoms with E-state index in [1.54, 1.807) is 19.1 Å². The Morgan fingerprint density at radius 1 is 1.35 bits per heavy atom. The molecule has 1 aliphatic rings. The number of benzene rings is 1. The maximum Gasteiger partial charge on any atom is 0.250 e. The fourth-order valence-electron chi connectivity index (χ4n) is 2.11. The highest BCUT2D eigenvalue weighted by molar-refractivity contribution is 5.87. The van der Waals surface area contributed by atoms with E-state index in [1.165, 1.54) is 12.3 Å². The fraction of sp³-hybridized carbons (Fsp3) is 0.400. The van der Waals surface area contributed by atoms with E-state index in [4.69, 9.17) is 14.2 Å². The van der Waals surface area contributed by atoms with Crippen LogP contribution in [0.15, 0.2) is 30.5 Å². The summed E-state index contributed by atoms with van der Waals surface area (Å²) in [7, 11) is 3.21. The maximum absolute atomic E-state index is 12.0. The van der Waals surface area contributed by atoms with Crippen molar-refractivity contribution >= 4 is 5.91 Å². The summed E-state index contributed by atoms with van der Waals surface area (Å²) >= 11 is 0.